The fraction of sp³-hybridized carbons (Fsp3) is 0.263. The maximum atomic E-state index is 6.21. The van der Waals surface area contributed by atoms with E-state index in [1.54, 1.807) is 18.9 Å². The second-order valence-corrected chi connectivity index (χ2v) is 6.91. The van der Waals surface area contributed by atoms with Crippen LogP contribution in [0.2, 0.25) is 5.15 Å². The van der Waals surface area contributed by atoms with Gasteiger partial charge in [-0.25, -0.2) is 19.9 Å². The molecule has 27 heavy (non-hydrogen) atoms. The van der Waals surface area contributed by atoms with E-state index in [-0.39, 0.29) is 6.04 Å². The highest BCUT2D eigenvalue weighted by Gasteiger charge is 2.28. The van der Waals surface area contributed by atoms with Gasteiger partial charge in [-0.05, 0) is 12.8 Å². The summed E-state index contributed by atoms with van der Waals surface area (Å²) in [6.45, 7) is 1.47. The monoisotopic (exact) mass is 380 g/mol. The number of hydrogen-bond acceptors (Lipinski definition) is 6. The van der Waals surface area contributed by atoms with Crippen molar-refractivity contribution in [3.05, 3.63) is 48.3 Å². The molecule has 0 amide bonds. The predicted octanol–water partition coefficient (Wildman–Crippen LogP) is 3.60. The first-order valence-electron chi connectivity index (χ1n) is 8.88. The van der Waals surface area contributed by atoms with Gasteiger partial charge in [0.05, 0.1) is 18.6 Å². The smallest absolute Gasteiger partial charge is 0.162 e. The molecule has 0 bridgehead atoms. The fourth-order valence-electron chi connectivity index (χ4n) is 3.68. The quantitative estimate of drug-likeness (QED) is 0.545. The van der Waals surface area contributed by atoms with Crippen molar-refractivity contribution in [3.63, 3.8) is 0 Å². The SMILES string of the molecule is Clc1ncc(OCC2CCCN2c2ncnc3[nH]cnc23)c2ccccc12. The van der Waals surface area contributed by atoms with Gasteiger partial charge in [-0.15, -0.1) is 0 Å². The Morgan fingerprint density at radius 1 is 1.15 bits per heavy atom. The molecule has 1 atom stereocenters. The van der Waals surface area contributed by atoms with Gasteiger partial charge in [0.1, 0.15) is 29.4 Å². The van der Waals surface area contributed by atoms with Crippen LogP contribution in [0, 0.1) is 0 Å². The number of halogens is 1. The van der Waals surface area contributed by atoms with Gasteiger partial charge in [-0.2, -0.15) is 0 Å². The Bertz CT molecular complexity index is 1110. The van der Waals surface area contributed by atoms with Gasteiger partial charge in [0.2, 0.25) is 0 Å². The number of H-pyrrole nitrogens is 1. The summed E-state index contributed by atoms with van der Waals surface area (Å²) in [5, 5.41) is 2.36. The molecule has 1 unspecified atom stereocenters. The number of anilines is 1. The van der Waals surface area contributed by atoms with Crippen LogP contribution in [-0.4, -0.2) is 44.1 Å². The number of hydrogen-bond donors (Lipinski definition) is 1. The zero-order valence-corrected chi connectivity index (χ0v) is 15.2. The van der Waals surface area contributed by atoms with Crippen LogP contribution in [0.1, 0.15) is 12.8 Å². The van der Waals surface area contributed by atoms with Gasteiger partial charge in [0, 0.05) is 17.3 Å². The molecule has 4 heterocycles. The maximum absolute atomic E-state index is 6.21. The molecule has 1 N–H and O–H groups in total. The van der Waals surface area contributed by atoms with Crippen molar-refractivity contribution >= 4 is 39.4 Å². The van der Waals surface area contributed by atoms with Gasteiger partial charge in [0.15, 0.2) is 11.5 Å². The second kappa shape index (κ2) is 6.66. The van der Waals surface area contributed by atoms with Gasteiger partial charge < -0.3 is 14.6 Å². The van der Waals surface area contributed by atoms with Gasteiger partial charge in [-0.3, -0.25) is 0 Å². The molecular formula is C19H17ClN6O. The first kappa shape index (κ1) is 16.3. The van der Waals surface area contributed by atoms with Gasteiger partial charge >= 0.3 is 0 Å². The first-order chi connectivity index (χ1) is 13.3. The second-order valence-electron chi connectivity index (χ2n) is 6.56. The van der Waals surface area contributed by atoms with E-state index in [4.69, 9.17) is 16.3 Å². The lowest BCUT2D eigenvalue weighted by atomic mass is 10.1. The molecule has 5 rings (SSSR count). The predicted molar refractivity (Wildman–Crippen MR) is 104 cm³/mol. The van der Waals surface area contributed by atoms with Crippen LogP contribution in [-0.2, 0) is 0 Å². The molecule has 8 heteroatoms. The molecule has 1 saturated heterocycles. The molecule has 7 nitrogen and oxygen atoms in total. The van der Waals surface area contributed by atoms with Crippen LogP contribution < -0.4 is 9.64 Å². The average molecular weight is 381 g/mol. The summed E-state index contributed by atoms with van der Waals surface area (Å²) in [6.07, 6.45) is 7.04. The Morgan fingerprint density at radius 3 is 2.96 bits per heavy atom. The molecule has 0 saturated carbocycles. The van der Waals surface area contributed by atoms with Crippen molar-refractivity contribution in [1.29, 1.82) is 0 Å². The van der Waals surface area contributed by atoms with Crippen molar-refractivity contribution in [2.75, 3.05) is 18.1 Å². The number of rotatable bonds is 4. The van der Waals surface area contributed by atoms with Crippen molar-refractivity contribution in [2.24, 2.45) is 0 Å². The molecule has 1 fully saturated rings. The molecule has 0 radical (unpaired) electrons. The largest absolute Gasteiger partial charge is 0.489 e. The number of aromatic amines is 1. The Morgan fingerprint density at radius 2 is 2.04 bits per heavy atom. The lowest BCUT2D eigenvalue weighted by Crippen LogP contribution is -2.35. The molecule has 3 aromatic heterocycles. The summed E-state index contributed by atoms with van der Waals surface area (Å²) in [6, 6.07) is 8.09. The Balaban J connectivity index is 1.41. The third kappa shape index (κ3) is 2.84. The molecule has 1 aliphatic rings. The third-order valence-electron chi connectivity index (χ3n) is 4.99. The van der Waals surface area contributed by atoms with Crippen molar-refractivity contribution < 1.29 is 4.74 Å². The molecule has 1 aromatic carbocycles. The van der Waals surface area contributed by atoms with Crippen LogP contribution >= 0.6 is 11.6 Å². The third-order valence-corrected chi connectivity index (χ3v) is 5.29. The zero-order valence-electron chi connectivity index (χ0n) is 14.5. The number of fused-ring (bicyclic) bond motifs is 2. The number of pyridine rings is 1. The summed E-state index contributed by atoms with van der Waals surface area (Å²) >= 11 is 6.21. The number of nitrogens with one attached hydrogen (secondary N) is 1. The van der Waals surface area contributed by atoms with Crippen LogP contribution in [0.3, 0.4) is 0 Å². The summed E-state index contributed by atoms with van der Waals surface area (Å²) in [5.74, 6) is 1.60. The van der Waals surface area contributed by atoms with E-state index in [1.807, 2.05) is 24.3 Å². The normalized spacial score (nSPS) is 17.1. The molecule has 1 aliphatic heterocycles. The molecule has 136 valence electrons. The highest BCUT2D eigenvalue weighted by Crippen LogP contribution is 2.31. The van der Waals surface area contributed by atoms with E-state index in [0.29, 0.717) is 11.8 Å². The standard InChI is InChI=1S/C19H17ClN6O/c20-17-14-6-2-1-5-13(14)15(8-21-17)27-9-12-4-3-7-26(12)19-16-18(23-10-22-16)24-11-25-19/h1-2,5-6,8,10-12H,3-4,7,9H2,(H,22,23,24,25). The van der Waals surface area contributed by atoms with E-state index >= 15 is 0 Å². The minimum atomic E-state index is 0.217. The lowest BCUT2D eigenvalue weighted by molar-refractivity contribution is 0.290. The topological polar surface area (TPSA) is 79.8 Å². The number of imidazole rings is 1. The van der Waals surface area contributed by atoms with Gasteiger partial charge in [0.25, 0.3) is 0 Å². The Hall–Kier alpha value is -2.93. The van der Waals surface area contributed by atoms with Crippen LogP contribution in [0.25, 0.3) is 21.9 Å². The van der Waals surface area contributed by atoms with Crippen LogP contribution in [0.5, 0.6) is 5.75 Å². The Kier molecular flexibility index (Phi) is 4.01. The minimum Gasteiger partial charge on any atom is -0.489 e. The van der Waals surface area contributed by atoms with E-state index in [0.717, 1.165) is 52.9 Å². The van der Waals surface area contributed by atoms with Crippen molar-refractivity contribution in [1.82, 2.24) is 24.9 Å². The summed E-state index contributed by atoms with van der Waals surface area (Å²) in [5.41, 5.74) is 1.54. The molecule has 0 spiro atoms. The zero-order chi connectivity index (χ0) is 18.2. The molecule has 0 aliphatic carbocycles. The summed E-state index contributed by atoms with van der Waals surface area (Å²) < 4.78 is 6.17. The minimum absolute atomic E-state index is 0.217. The Labute approximate surface area is 160 Å². The number of aromatic nitrogens is 5. The number of nitrogens with zero attached hydrogens (tertiary/aromatic N) is 5. The number of ether oxygens (including phenoxy) is 1. The van der Waals surface area contributed by atoms with Gasteiger partial charge in [-0.1, -0.05) is 35.9 Å². The van der Waals surface area contributed by atoms with Crippen molar-refractivity contribution in [2.45, 2.75) is 18.9 Å². The molecule has 4 aromatic rings. The highest BCUT2D eigenvalue weighted by atomic mass is 35.5. The maximum Gasteiger partial charge on any atom is 0.162 e. The summed E-state index contributed by atoms with van der Waals surface area (Å²) in [7, 11) is 0. The lowest BCUT2D eigenvalue weighted by Gasteiger charge is -2.25. The number of benzene rings is 1. The van der Waals surface area contributed by atoms with Crippen LogP contribution in [0.4, 0.5) is 5.82 Å². The van der Waals surface area contributed by atoms with Crippen LogP contribution in [0.15, 0.2) is 43.1 Å². The van der Waals surface area contributed by atoms with E-state index in [2.05, 4.69) is 29.8 Å². The van der Waals surface area contributed by atoms with Crippen molar-refractivity contribution in [3.8, 4) is 5.75 Å². The highest BCUT2D eigenvalue weighted by molar-refractivity contribution is 6.34. The van der Waals surface area contributed by atoms with E-state index < -0.39 is 0 Å². The van der Waals surface area contributed by atoms with E-state index in [9.17, 15) is 0 Å². The fourth-order valence-corrected chi connectivity index (χ4v) is 3.90. The molecular weight excluding hydrogens is 364 g/mol. The summed E-state index contributed by atoms with van der Waals surface area (Å²) in [4.78, 5) is 22.6. The first-order valence-corrected chi connectivity index (χ1v) is 9.26. The average Bonchev–Trinajstić information content (AvgIpc) is 3.37. The van der Waals surface area contributed by atoms with E-state index in [1.165, 1.54) is 0 Å².